The van der Waals surface area contributed by atoms with Gasteiger partial charge in [-0.3, -0.25) is 0 Å². The van der Waals surface area contributed by atoms with E-state index in [1.54, 1.807) is 0 Å². The summed E-state index contributed by atoms with van der Waals surface area (Å²) >= 11 is 0. The number of nitrogens with one attached hydrogen (secondary N) is 1. The van der Waals surface area contributed by atoms with Crippen molar-refractivity contribution >= 4 is 5.69 Å². The lowest BCUT2D eigenvalue weighted by Crippen LogP contribution is -2.31. The third kappa shape index (κ3) is 5.01. The van der Waals surface area contributed by atoms with Crippen molar-refractivity contribution in [2.24, 2.45) is 0 Å². The van der Waals surface area contributed by atoms with Crippen molar-refractivity contribution < 1.29 is 0 Å². The third-order valence-corrected chi connectivity index (χ3v) is 4.46. The highest BCUT2D eigenvalue weighted by atomic mass is 15.2. The molecule has 1 N–H and O–H groups in total. The molecule has 21 heavy (non-hydrogen) atoms. The van der Waals surface area contributed by atoms with Gasteiger partial charge in [0, 0.05) is 32.4 Å². The first-order valence-corrected chi connectivity index (χ1v) is 8.44. The number of anilines is 1. The zero-order chi connectivity index (χ0) is 15.1. The normalized spacial score (nSPS) is 15.6. The molecule has 2 rings (SSSR count). The van der Waals surface area contributed by atoms with Crippen LogP contribution in [-0.2, 0) is 6.54 Å². The predicted octanol–water partition coefficient (Wildman–Crippen LogP) is 3.03. The number of hydrogen-bond donors (Lipinski definition) is 1. The van der Waals surface area contributed by atoms with Gasteiger partial charge in [0.25, 0.3) is 0 Å². The Morgan fingerprint density at radius 3 is 2.67 bits per heavy atom. The number of rotatable bonds is 8. The number of aryl methyl sites for hydroxylation is 1. The number of likely N-dealkylation sites (N-methyl/N-ethyl adjacent to an activating group) is 1. The zero-order valence-electron chi connectivity index (χ0n) is 14.0. The van der Waals surface area contributed by atoms with Gasteiger partial charge in [0.05, 0.1) is 0 Å². The smallest absolute Gasteiger partial charge is 0.0366 e. The fourth-order valence-electron chi connectivity index (χ4n) is 2.94. The van der Waals surface area contributed by atoms with Crippen LogP contribution in [0.5, 0.6) is 0 Å². The maximum atomic E-state index is 3.48. The molecule has 0 amide bonds. The van der Waals surface area contributed by atoms with Gasteiger partial charge in [-0.05, 0) is 69.1 Å². The maximum absolute atomic E-state index is 3.48. The lowest BCUT2D eigenvalue weighted by atomic mass is 10.1. The van der Waals surface area contributed by atoms with Crippen LogP contribution in [0.4, 0.5) is 5.69 Å². The van der Waals surface area contributed by atoms with Crippen LogP contribution < -0.4 is 10.2 Å². The van der Waals surface area contributed by atoms with Gasteiger partial charge in [-0.1, -0.05) is 13.0 Å². The van der Waals surface area contributed by atoms with Crippen LogP contribution in [0.2, 0.25) is 0 Å². The van der Waals surface area contributed by atoms with E-state index in [1.165, 1.54) is 55.7 Å². The second-order valence-corrected chi connectivity index (χ2v) is 6.26. The number of nitrogens with zero attached hydrogens (tertiary/aromatic N) is 2. The largest absolute Gasteiger partial charge is 0.373 e. The number of likely N-dealkylation sites (tertiary alicyclic amines) is 1. The maximum Gasteiger partial charge on any atom is 0.0366 e. The minimum atomic E-state index is 0.984. The minimum absolute atomic E-state index is 0.984. The first-order valence-electron chi connectivity index (χ1n) is 8.44. The Balaban J connectivity index is 1.85. The summed E-state index contributed by atoms with van der Waals surface area (Å²) in [4.78, 5) is 4.96. The van der Waals surface area contributed by atoms with Crippen molar-refractivity contribution in [1.82, 2.24) is 10.2 Å². The van der Waals surface area contributed by atoms with Crippen LogP contribution in [0.25, 0.3) is 0 Å². The predicted molar refractivity (Wildman–Crippen MR) is 92.1 cm³/mol. The Kier molecular flexibility index (Phi) is 6.52. The molecule has 0 atom stereocenters. The fraction of sp³-hybridized carbons (Fsp3) is 0.667. The summed E-state index contributed by atoms with van der Waals surface area (Å²) in [6, 6.07) is 6.87. The van der Waals surface area contributed by atoms with Crippen molar-refractivity contribution in [3.05, 3.63) is 29.3 Å². The Labute approximate surface area is 130 Å². The molecule has 1 aromatic carbocycles. The quantitative estimate of drug-likeness (QED) is 0.742. The van der Waals surface area contributed by atoms with Gasteiger partial charge in [-0.2, -0.15) is 0 Å². The molecule has 1 saturated heterocycles. The van der Waals surface area contributed by atoms with E-state index in [2.05, 4.69) is 54.2 Å². The molecule has 1 fully saturated rings. The van der Waals surface area contributed by atoms with Crippen molar-refractivity contribution in [3.8, 4) is 0 Å². The van der Waals surface area contributed by atoms with E-state index in [9.17, 15) is 0 Å². The lowest BCUT2D eigenvalue weighted by Gasteiger charge is -2.24. The summed E-state index contributed by atoms with van der Waals surface area (Å²) in [5, 5.41) is 3.48. The molecular weight excluding hydrogens is 258 g/mol. The van der Waals surface area contributed by atoms with E-state index in [-0.39, 0.29) is 0 Å². The minimum Gasteiger partial charge on any atom is -0.373 e. The summed E-state index contributed by atoms with van der Waals surface area (Å²) < 4.78 is 0. The third-order valence-electron chi connectivity index (χ3n) is 4.46. The number of hydrogen-bond acceptors (Lipinski definition) is 3. The van der Waals surface area contributed by atoms with E-state index in [1.807, 2.05) is 0 Å². The SMILES string of the molecule is CCCNCc1ccc(N(C)CCN2CCCC2)cc1C. The van der Waals surface area contributed by atoms with Gasteiger partial charge in [0.1, 0.15) is 0 Å². The second-order valence-electron chi connectivity index (χ2n) is 6.26. The molecule has 0 bridgehead atoms. The molecule has 0 saturated carbocycles. The molecule has 1 heterocycles. The molecule has 0 spiro atoms. The van der Waals surface area contributed by atoms with Crippen LogP contribution in [0, 0.1) is 6.92 Å². The van der Waals surface area contributed by atoms with E-state index in [4.69, 9.17) is 0 Å². The van der Waals surface area contributed by atoms with Gasteiger partial charge < -0.3 is 15.1 Å². The van der Waals surface area contributed by atoms with Gasteiger partial charge in [-0.15, -0.1) is 0 Å². The van der Waals surface area contributed by atoms with Gasteiger partial charge >= 0.3 is 0 Å². The highest BCUT2D eigenvalue weighted by Gasteiger charge is 2.12. The van der Waals surface area contributed by atoms with E-state index in [0.29, 0.717) is 0 Å². The van der Waals surface area contributed by atoms with Gasteiger partial charge in [-0.25, -0.2) is 0 Å². The van der Waals surface area contributed by atoms with Crippen LogP contribution in [0.1, 0.15) is 37.3 Å². The average Bonchev–Trinajstić information content (AvgIpc) is 3.00. The highest BCUT2D eigenvalue weighted by Crippen LogP contribution is 2.18. The van der Waals surface area contributed by atoms with Gasteiger partial charge in [0.2, 0.25) is 0 Å². The lowest BCUT2D eigenvalue weighted by molar-refractivity contribution is 0.346. The molecule has 1 aliphatic rings. The Morgan fingerprint density at radius 2 is 2.00 bits per heavy atom. The Bertz CT molecular complexity index is 424. The van der Waals surface area contributed by atoms with Crippen molar-refractivity contribution in [2.75, 3.05) is 44.7 Å². The summed E-state index contributed by atoms with van der Waals surface area (Å²) in [7, 11) is 2.21. The molecule has 0 aliphatic carbocycles. The monoisotopic (exact) mass is 289 g/mol. The average molecular weight is 289 g/mol. The van der Waals surface area contributed by atoms with Gasteiger partial charge in [0.15, 0.2) is 0 Å². The van der Waals surface area contributed by atoms with Crippen LogP contribution in [0.15, 0.2) is 18.2 Å². The topological polar surface area (TPSA) is 18.5 Å². The second kappa shape index (κ2) is 8.40. The zero-order valence-corrected chi connectivity index (χ0v) is 14.0. The Morgan fingerprint density at radius 1 is 1.24 bits per heavy atom. The van der Waals surface area contributed by atoms with E-state index >= 15 is 0 Å². The molecule has 0 aromatic heterocycles. The van der Waals surface area contributed by atoms with Crippen molar-refractivity contribution in [2.45, 2.75) is 39.7 Å². The van der Waals surface area contributed by atoms with Crippen molar-refractivity contribution in [1.29, 1.82) is 0 Å². The summed E-state index contributed by atoms with van der Waals surface area (Å²) in [6.45, 7) is 11.4. The molecule has 0 radical (unpaired) electrons. The first-order chi connectivity index (χ1) is 10.2. The molecule has 3 nitrogen and oxygen atoms in total. The Hall–Kier alpha value is -1.06. The summed E-state index contributed by atoms with van der Waals surface area (Å²) in [6.07, 6.45) is 3.95. The summed E-state index contributed by atoms with van der Waals surface area (Å²) in [5.74, 6) is 0. The van der Waals surface area contributed by atoms with Crippen molar-refractivity contribution in [3.63, 3.8) is 0 Å². The fourth-order valence-corrected chi connectivity index (χ4v) is 2.94. The molecular formula is C18H31N3. The van der Waals surface area contributed by atoms with Crippen LogP contribution in [-0.4, -0.2) is 44.7 Å². The van der Waals surface area contributed by atoms with Crippen LogP contribution >= 0.6 is 0 Å². The van der Waals surface area contributed by atoms with E-state index < -0.39 is 0 Å². The molecule has 1 aromatic rings. The molecule has 1 aliphatic heterocycles. The highest BCUT2D eigenvalue weighted by molar-refractivity contribution is 5.50. The first kappa shape index (κ1) is 16.3. The molecule has 0 unspecified atom stereocenters. The standard InChI is InChI=1S/C18H31N3/c1-4-9-19-15-17-7-8-18(14-16(17)2)20(3)12-13-21-10-5-6-11-21/h7-8,14,19H,4-6,9-13,15H2,1-3H3. The van der Waals surface area contributed by atoms with E-state index in [0.717, 1.165) is 19.6 Å². The molecule has 118 valence electrons. The van der Waals surface area contributed by atoms with Crippen LogP contribution in [0.3, 0.4) is 0 Å². The number of benzene rings is 1. The molecule has 3 heteroatoms. The summed E-state index contributed by atoms with van der Waals surface area (Å²) in [5.41, 5.74) is 4.15.